The largest absolute Gasteiger partial charge is 0.471 e. The van der Waals surface area contributed by atoms with Crippen LogP contribution in [-0.4, -0.2) is 29.9 Å². The second kappa shape index (κ2) is 7.72. The topological polar surface area (TPSA) is 76.3 Å². The second-order valence-corrected chi connectivity index (χ2v) is 8.19. The van der Waals surface area contributed by atoms with E-state index in [4.69, 9.17) is 0 Å². The third-order valence-corrected chi connectivity index (χ3v) is 5.73. The third-order valence-electron chi connectivity index (χ3n) is 3.95. The van der Waals surface area contributed by atoms with Gasteiger partial charge in [0.05, 0.1) is 5.75 Å². The van der Waals surface area contributed by atoms with Crippen molar-refractivity contribution in [1.29, 1.82) is 0 Å². The van der Waals surface area contributed by atoms with E-state index in [1.165, 1.54) is 23.5 Å². The van der Waals surface area contributed by atoms with Gasteiger partial charge in [-0.2, -0.15) is 18.2 Å². The Morgan fingerprint density at radius 1 is 1.00 bits per heavy atom. The minimum atomic E-state index is -4.71. The van der Waals surface area contributed by atoms with E-state index in [9.17, 15) is 21.6 Å². The van der Waals surface area contributed by atoms with Crippen molar-refractivity contribution in [2.75, 3.05) is 7.05 Å². The summed E-state index contributed by atoms with van der Waals surface area (Å²) in [7, 11) is -2.05. The van der Waals surface area contributed by atoms with E-state index in [0.717, 1.165) is 0 Å². The number of hydrogen-bond acceptors (Lipinski definition) is 5. The van der Waals surface area contributed by atoms with Crippen molar-refractivity contribution in [2.45, 2.75) is 18.5 Å². The highest BCUT2D eigenvalue weighted by molar-refractivity contribution is 7.88. The van der Waals surface area contributed by atoms with Crippen molar-refractivity contribution >= 4 is 10.0 Å². The maximum atomic E-state index is 12.5. The van der Waals surface area contributed by atoms with Crippen LogP contribution in [0, 0.1) is 0 Å². The first kappa shape index (κ1) is 20.0. The number of hydrogen-bond donors (Lipinski definition) is 0. The van der Waals surface area contributed by atoms with Gasteiger partial charge in [-0.3, -0.25) is 0 Å². The summed E-state index contributed by atoms with van der Waals surface area (Å²) in [6, 6.07) is 15.1. The number of halogens is 3. The third kappa shape index (κ3) is 4.76. The van der Waals surface area contributed by atoms with Gasteiger partial charge in [-0.25, -0.2) is 12.7 Å². The van der Waals surface area contributed by atoms with Gasteiger partial charge in [-0.15, -0.1) is 0 Å². The molecule has 0 radical (unpaired) electrons. The first-order chi connectivity index (χ1) is 13.1. The summed E-state index contributed by atoms with van der Waals surface area (Å²) >= 11 is 0. The van der Waals surface area contributed by atoms with Crippen molar-refractivity contribution < 1.29 is 26.1 Å². The SMILES string of the molecule is CN(Cc1ccc(-c2noc(C(F)(F)F)n2)cc1)S(=O)(=O)Cc1ccccc1. The molecule has 2 aromatic carbocycles. The molecular weight excluding hydrogens is 395 g/mol. The van der Waals surface area contributed by atoms with Crippen LogP contribution in [0.15, 0.2) is 59.1 Å². The lowest BCUT2D eigenvalue weighted by atomic mass is 10.1. The molecule has 0 aliphatic rings. The van der Waals surface area contributed by atoms with Gasteiger partial charge in [0.15, 0.2) is 0 Å². The van der Waals surface area contributed by atoms with Gasteiger partial charge in [0, 0.05) is 19.2 Å². The molecule has 0 saturated carbocycles. The van der Waals surface area contributed by atoms with Gasteiger partial charge >= 0.3 is 12.1 Å². The summed E-state index contributed by atoms with van der Waals surface area (Å²) in [6.07, 6.45) is -4.71. The summed E-state index contributed by atoms with van der Waals surface area (Å²) < 4.78 is 68.0. The summed E-state index contributed by atoms with van der Waals surface area (Å²) in [5.41, 5.74) is 1.68. The number of sulfonamides is 1. The van der Waals surface area contributed by atoms with Crippen molar-refractivity contribution in [2.24, 2.45) is 0 Å². The van der Waals surface area contributed by atoms with Gasteiger partial charge in [0.25, 0.3) is 0 Å². The van der Waals surface area contributed by atoms with Crippen molar-refractivity contribution in [3.63, 3.8) is 0 Å². The molecule has 10 heteroatoms. The van der Waals surface area contributed by atoms with Crippen molar-refractivity contribution in [1.82, 2.24) is 14.4 Å². The highest BCUT2D eigenvalue weighted by Gasteiger charge is 2.38. The van der Waals surface area contributed by atoms with E-state index >= 15 is 0 Å². The van der Waals surface area contributed by atoms with Gasteiger partial charge in [-0.1, -0.05) is 59.8 Å². The molecule has 0 saturated heterocycles. The molecule has 0 N–H and O–H groups in total. The molecule has 3 aromatic rings. The lowest BCUT2D eigenvalue weighted by molar-refractivity contribution is -0.159. The fraction of sp³-hybridized carbons (Fsp3) is 0.222. The van der Waals surface area contributed by atoms with E-state index in [2.05, 4.69) is 14.7 Å². The number of rotatable bonds is 6. The standard InChI is InChI=1S/C18H16F3N3O3S/c1-24(28(25,26)12-14-5-3-2-4-6-14)11-13-7-9-15(10-8-13)16-22-17(27-23-16)18(19,20)21/h2-10H,11-12H2,1H3. The van der Waals surface area contributed by atoms with Crippen molar-refractivity contribution in [3.8, 4) is 11.4 Å². The molecule has 0 bridgehead atoms. The normalized spacial score (nSPS) is 12.5. The fourth-order valence-electron chi connectivity index (χ4n) is 2.47. The molecule has 0 aliphatic carbocycles. The Morgan fingerprint density at radius 2 is 1.64 bits per heavy atom. The van der Waals surface area contributed by atoms with E-state index in [-0.39, 0.29) is 18.1 Å². The number of benzene rings is 2. The van der Waals surface area contributed by atoms with Crippen LogP contribution < -0.4 is 0 Å². The average Bonchev–Trinajstić information content (AvgIpc) is 3.13. The predicted molar refractivity (Wildman–Crippen MR) is 95.3 cm³/mol. The minimum Gasteiger partial charge on any atom is -0.329 e. The van der Waals surface area contributed by atoms with Crippen LogP contribution in [0.1, 0.15) is 17.0 Å². The molecule has 0 unspecified atom stereocenters. The molecule has 0 atom stereocenters. The Balaban J connectivity index is 1.69. The van der Waals surface area contributed by atoms with Crippen LogP contribution >= 0.6 is 0 Å². The molecule has 6 nitrogen and oxygen atoms in total. The van der Waals surface area contributed by atoms with E-state index in [1.807, 2.05) is 6.07 Å². The Bertz CT molecular complexity index is 1030. The molecular formula is C18H16F3N3O3S. The van der Waals surface area contributed by atoms with Crippen LogP contribution in [0.25, 0.3) is 11.4 Å². The summed E-state index contributed by atoms with van der Waals surface area (Å²) in [5.74, 6) is -1.73. The first-order valence-corrected chi connectivity index (χ1v) is 9.74. The van der Waals surface area contributed by atoms with Crippen LogP contribution in [0.5, 0.6) is 0 Å². The molecule has 1 aromatic heterocycles. The van der Waals surface area contributed by atoms with E-state index < -0.39 is 22.1 Å². The molecule has 0 spiro atoms. The summed E-state index contributed by atoms with van der Waals surface area (Å²) in [6.45, 7) is 0.121. The maximum Gasteiger partial charge on any atom is 0.471 e. The monoisotopic (exact) mass is 411 g/mol. The molecule has 3 rings (SSSR count). The average molecular weight is 411 g/mol. The Labute approximate surface area is 159 Å². The number of alkyl halides is 3. The van der Waals surface area contributed by atoms with E-state index in [0.29, 0.717) is 16.7 Å². The van der Waals surface area contributed by atoms with Crippen LogP contribution in [0.3, 0.4) is 0 Å². The van der Waals surface area contributed by atoms with Gasteiger partial charge in [0.1, 0.15) is 0 Å². The lowest BCUT2D eigenvalue weighted by Gasteiger charge is -2.17. The zero-order valence-corrected chi connectivity index (χ0v) is 15.5. The smallest absolute Gasteiger partial charge is 0.329 e. The van der Waals surface area contributed by atoms with Crippen molar-refractivity contribution in [3.05, 3.63) is 71.6 Å². The molecule has 148 valence electrons. The van der Waals surface area contributed by atoms with Gasteiger partial charge in [0.2, 0.25) is 15.8 Å². The predicted octanol–water partition coefficient (Wildman–Crippen LogP) is 3.72. The number of nitrogens with zero attached hydrogens (tertiary/aromatic N) is 3. The Kier molecular flexibility index (Phi) is 5.52. The van der Waals surface area contributed by atoms with Crippen LogP contribution in [0.4, 0.5) is 13.2 Å². The highest BCUT2D eigenvalue weighted by atomic mass is 32.2. The molecule has 0 fully saturated rings. The summed E-state index contributed by atoms with van der Waals surface area (Å²) in [4.78, 5) is 3.32. The lowest BCUT2D eigenvalue weighted by Crippen LogP contribution is -2.27. The highest BCUT2D eigenvalue weighted by Crippen LogP contribution is 2.29. The van der Waals surface area contributed by atoms with E-state index in [1.54, 1.807) is 36.4 Å². The van der Waals surface area contributed by atoms with Gasteiger partial charge in [-0.05, 0) is 11.1 Å². The molecule has 28 heavy (non-hydrogen) atoms. The minimum absolute atomic E-state index is 0.120. The quantitative estimate of drug-likeness (QED) is 0.618. The first-order valence-electron chi connectivity index (χ1n) is 8.13. The summed E-state index contributed by atoms with van der Waals surface area (Å²) in [5, 5.41) is 3.32. The van der Waals surface area contributed by atoms with Crippen LogP contribution in [-0.2, 0) is 28.5 Å². The number of aromatic nitrogens is 2. The Morgan fingerprint density at radius 3 is 2.21 bits per heavy atom. The molecule has 0 aliphatic heterocycles. The second-order valence-electron chi connectivity index (χ2n) is 6.12. The van der Waals surface area contributed by atoms with Gasteiger partial charge < -0.3 is 4.52 Å². The van der Waals surface area contributed by atoms with Crippen LogP contribution in [0.2, 0.25) is 0 Å². The molecule has 0 amide bonds. The fourth-order valence-corrected chi connectivity index (χ4v) is 3.65. The zero-order chi connectivity index (χ0) is 20.4. The molecule has 1 heterocycles. The Hall–Kier alpha value is -2.72. The zero-order valence-electron chi connectivity index (χ0n) is 14.7. The maximum absolute atomic E-state index is 12.5.